The molecule has 3 atom stereocenters. The molecule has 186 valence electrons. The lowest BCUT2D eigenvalue weighted by molar-refractivity contribution is -0.141. The van der Waals surface area contributed by atoms with Crippen LogP contribution in [0.3, 0.4) is 0 Å². The molecule has 2 aliphatic rings. The van der Waals surface area contributed by atoms with Crippen molar-refractivity contribution < 1.29 is 31.5 Å². The quantitative estimate of drug-likeness (QED) is 0.415. The second-order valence-electron chi connectivity index (χ2n) is 8.87. The number of alkyl halides is 3. The number of imide groups is 1. The topological polar surface area (TPSA) is 106 Å². The SMILES string of the molecule is O=C1NCC(c2cc([C@H]3C[C@@H]3c3ccc4cnn(CC(F)(F)F)c4c3F)c3ncc(F)n3n2)C(=O)N1. The molecule has 4 aromatic rings. The first-order valence-electron chi connectivity index (χ1n) is 10.9. The second kappa shape index (κ2) is 7.70. The zero-order valence-corrected chi connectivity index (χ0v) is 18.2. The van der Waals surface area contributed by atoms with Crippen molar-refractivity contribution in [2.24, 2.45) is 0 Å². The molecule has 0 bridgehead atoms. The molecule has 6 rings (SSSR count). The van der Waals surface area contributed by atoms with Gasteiger partial charge in [-0.3, -0.25) is 14.8 Å². The number of aromatic nitrogens is 5. The van der Waals surface area contributed by atoms with Crippen LogP contribution in [0.1, 0.15) is 41.0 Å². The van der Waals surface area contributed by atoms with Gasteiger partial charge in [-0.25, -0.2) is 14.2 Å². The van der Waals surface area contributed by atoms with E-state index < -0.39 is 48.3 Å². The van der Waals surface area contributed by atoms with Crippen LogP contribution in [-0.4, -0.2) is 49.0 Å². The van der Waals surface area contributed by atoms with Crippen LogP contribution in [0.25, 0.3) is 16.6 Å². The summed E-state index contributed by atoms with van der Waals surface area (Å²) < 4.78 is 70.3. The zero-order valence-electron chi connectivity index (χ0n) is 18.2. The van der Waals surface area contributed by atoms with Crippen molar-refractivity contribution in [3.63, 3.8) is 0 Å². The number of carbonyl (C=O) groups excluding carboxylic acids is 2. The maximum absolute atomic E-state index is 15.5. The molecule has 36 heavy (non-hydrogen) atoms. The number of halogens is 5. The molecule has 4 heterocycles. The first-order valence-corrected chi connectivity index (χ1v) is 10.9. The summed E-state index contributed by atoms with van der Waals surface area (Å²) in [6.45, 7) is -1.46. The lowest BCUT2D eigenvalue weighted by Gasteiger charge is -2.22. The molecule has 9 nitrogen and oxygen atoms in total. The number of nitrogens with zero attached hydrogens (tertiary/aromatic N) is 5. The maximum atomic E-state index is 15.5. The monoisotopic (exact) mass is 505 g/mol. The zero-order chi connectivity index (χ0) is 25.4. The number of carbonyl (C=O) groups is 2. The van der Waals surface area contributed by atoms with E-state index in [-0.39, 0.29) is 40.3 Å². The van der Waals surface area contributed by atoms with Gasteiger partial charge in [0.2, 0.25) is 11.9 Å². The number of benzene rings is 1. The summed E-state index contributed by atoms with van der Waals surface area (Å²) in [6.07, 6.45) is -1.99. The molecule has 2 fully saturated rings. The Bertz CT molecular complexity index is 1560. The molecule has 1 saturated carbocycles. The maximum Gasteiger partial charge on any atom is 0.408 e. The summed E-state index contributed by atoms with van der Waals surface area (Å²) in [5, 5.41) is 12.7. The van der Waals surface area contributed by atoms with Crippen LogP contribution in [0.15, 0.2) is 30.6 Å². The molecule has 1 saturated heterocycles. The molecule has 1 aliphatic carbocycles. The highest BCUT2D eigenvalue weighted by Crippen LogP contribution is 2.56. The van der Waals surface area contributed by atoms with E-state index in [4.69, 9.17) is 0 Å². The smallest absolute Gasteiger partial charge is 0.337 e. The Morgan fingerprint density at radius 3 is 2.61 bits per heavy atom. The van der Waals surface area contributed by atoms with Crippen LogP contribution < -0.4 is 10.6 Å². The molecular weight excluding hydrogens is 489 g/mol. The fraction of sp³-hybridized carbons (Fsp3) is 0.318. The van der Waals surface area contributed by atoms with E-state index in [0.717, 1.165) is 10.7 Å². The van der Waals surface area contributed by atoms with Gasteiger partial charge in [0, 0.05) is 17.5 Å². The number of rotatable bonds is 4. The summed E-state index contributed by atoms with van der Waals surface area (Å²) in [7, 11) is 0. The van der Waals surface area contributed by atoms with Gasteiger partial charge in [-0.15, -0.1) is 0 Å². The minimum Gasteiger partial charge on any atom is -0.337 e. The van der Waals surface area contributed by atoms with Crippen LogP contribution in [-0.2, 0) is 11.3 Å². The fourth-order valence-electron chi connectivity index (χ4n) is 4.81. The Labute approximate surface area is 198 Å². The highest BCUT2D eigenvalue weighted by molar-refractivity contribution is 6.00. The number of nitrogens with one attached hydrogen (secondary N) is 2. The number of fused-ring (bicyclic) bond motifs is 2. The number of hydrogen-bond donors (Lipinski definition) is 2. The third kappa shape index (κ3) is 3.63. The first kappa shape index (κ1) is 22.4. The second-order valence-corrected chi connectivity index (χ2v) is 8.87. The average Bonchev–Trinajstić information content (AvgIpc) is 3.35. The van der Waals surface area contributed by atoms with Gasteiger partial charge in [-0.1, -0.05) is 12.1 Å². The van der Waals surface area contributed by atoms with E-state index >= 15 is 4.39 Å². The molecular formula is C22H16F5N7O2. The van der Waals surface area contributed by atoms with Crippen LogP contribution in [0.4, 0.5) is 26.7 Å². The fourth-order valence-corrected chi connectivity index (χ4v) is 4.81. The molecule has 3 aromatic heterocycles. The highest BCUT2D eigenvalue weighted by atomic mass is 19.4. The van der Waals surface area contributed by atoms with Gasteiger partial charge in [-0.2, -0.15) is 32.3 Å². The molecule has 0 radical (unpaired) electrons. The van der Waals surface area contributed by atoms with Crippen molar-refractivity contribution in [2.45, 2.75) is 36.9 Å². The first-order chi connectivity index (χ1) is 17.1. The normalized spacial score (nSPS) is 22.2. The summed E-state index contributed by atoms with van der Waals surface area (Å²) >= 11 is 0. The largest absolute Gasteiger partial charge is 0.408 e. The van der Waals surface area contributed by atoms with Crippen molar-refractivity contribution in [1.82, 2.24) is 35.0 Å². The van der Waals surface area contributed by atoms with Crippen molar-refractivity contribution in [1.29, 1.82) is 0 Å². The highest BCUT2D eigenvalue weighted by Gasteiger charge is 2.44. The Morgan fingerprint density at radius 1 is 1.08 bits per heavy atom. The van der Waals surface area contributed by atoms with Gasteiger partial charge >= 0.3 is 12.2 Å². The average molecular weight is 505 g/mol. The summed E-state index contributed by atoms with van der Waals surface area (Å²) in [4.78, 5) is 27.8. The van der Waals surface area contributed by atoms with E-state index in [1.165, 1.54) is 18.3 Å². The third-order valence-electron chi connectivity index (χ3n) is 6.54. The van der Waals surface area contributed by atoms with Gasteiger partial charge in [0.1, 0.15) is 12.1 Å². The van der Waals surface area contributed by atoms with Gasteiger partial charge in [0.25, 0.3) is 0 Å². The molecule has 3 amide bonds. The van der Waals surface area contributed by atoms with Crippen molar-refractivity contribution in [3.05, 3.63) is 59.2 Å². The van der Waals surface area contributed by atoms with Gasteiger partial charge < -0.3 is 5.32 Å². The minimum absolute atomic E-state index is 0.0402. The Hall–Kier alpha value is -4.10. The standard InChI is InChI=1S/C22H16F5N7O2/c23-16-7-28-19-13(4-15(32-34(16)19)14-6-29-21(36)31-20(14)35)12-3-11(12)10-2-1-9-5-30-33(8-22(25,26)27)18(9)17(10)24/h1-2,4-5,7,11-12,14H,3,6,8H2,(H2,29,31,35,36)/t11-,12+,14?/m1/s1. The predicted octanol–water partition coefficient (Wildman–Crippen LogP) is 3.11. The predicted molar refractivity (Wildman–Crippen MR) is 113 cm³/mol. The lowest BCUT2D eigenvalue weighted by Crippen LogP contribution is -2.51. The van der Waals surface area contributed by atoms with Crippen molar-refractivity contribution in [2.75, 3.05) is 6.54 Å². The molecule has 1 unspecified atom stereocenters. The Balaban J connectivity index is 1.39. The van der Waals surface area contributed by atoms with Crippen molar-refractivity contribution >= 4 is 28.5 Å². The van der Waals surface area contributed by atoms with Gasteiger partial charge in [0.15, 0.2) is 11.5 Å². The molecule has 1 aromatic carbocycles. The van der Waals surface area contributed by atoms with E-state index in [9.17, 15) is 27.2 Å². The molecule has 1 aliphatic heterocycles. The molecule has 14 heteroatoms. The summed E-state index contributed by atoms with van der Waals surface area (Å²) in [5.41, 5.74) is 0.867. The lowest BCUT2D eigenvalue weighted by atomic mass is 9.98. The van der Waals surface area contributed by atoms with Crippen LogP contribution in [0.2, 0.25) is 0 Å². The van der Waals surface area contributed by atoms with E-state index in [1.54, 1.807) is 6.07 Å². The molecule has 0 spiro atoms. The summed E-state index contributed by atoms with van der Waals surface area (Å²) in [5.74, 6) is -3.80. The minimum atomic E-state index is -4.57. The van der Waals surface area contributed by atoms with E-state index in [0.29, 0.717) is 16.7 Å². The number of hydrogen-bond acceptors (Lipinski definition) is 5. The van der Waals surface area contributed by atoms with Gasteiger partial charge in [-0.05, 0) is 29.9 Å². The van der Waals surface area contributed by atoms with E-state index in [2.05, 4.69) is 25.8 Å². The number of amides is 3. The Morgan fingerprint density at radius 2 is 1.86 bits per heavy atom. The van der Waals surface area contributed by atoms with Crippen LogP contribution in [0, 0.1) is 11.8 Å². The van der Waals surface area contributed by atoms with Gasteiger partial charge in [0.05, 0.1) is 24.0 Å². The number of imidazole rings is 1. The number of urea groups is 1. The van der Waals surface area contributed by atoms with Crippen molar-refractivity contribution in [3.8, 4) is 0 Å². The van der Waals surface area contributed by atoms with Crippen LogP contribution in [0.5, 0.6) is 0 Å². The molecule has 2 N–H and O–H groups in total. The van der Waals surface area contributed by atoms with Crippen LogP contribution >= 0.6 is 0 Å². The third-order valence-corrected chi connectivity index (χ3v) is 6.54. The summed E-state index contributed by atoms with van der Waals surface area (Å²) in [6, 6.07) is 3.96. The Kier molecular flexibility index (Phi) is 4.78. The van der Waals surface area contributed by atoms with E-state index in [1.807, 2.05) is 0 Å².